The van der Waals surface area contributed by atoms with Gasteiger partial charge in [0.2, 0.25) is 0 Å². The first-order valence-corrected chi connectivity index (χ1v) is 9.33. The summed E-state index contributed by atoms with van der Waals surface area (Å²) in [6, 6.07) is 13.7. The number of rotatable bonds is 4. The summed E-state index contributed by atoms with van der Waals surface area (Å²) in [5.41, 5.74) is 2.22. The molecule has 3 amide bonds. The summed E-state index contributed by atoms with van der Waals surface area (Å²) in [6.45, 7) is 1.91. The van der Waals surface area contributed by atoms with Crippen LogP contribution >= 0.6 is 0 Å². The molecular formula is C21H22FN3O2. The summed E-state index contributed by atoms with van der Waals surface area (Å²) in [7, 11) is 0. The average molecular weight is 367 g/mol. The molecule has 0 bridgehead atoms. The van der Waals surface area contributed by atoms with Crippen LogP contribution in [0.2, 0.25) is 0 Å². The summed E-state index contributed by atoms with van der Waals surface area (Å²) >= 11 is 0. The van der Waals surface area contributed by atoms with Gasteiger partial charge in [0, 0.05) is 36.9 Å². The Hall–Kier alpha value is -2.89. The highest BCUT2D eigenvalue weighted by Gasteiger charge is 2.30. The molecule has 2 aromatic carbocycles. The first-order chi connectivity index (χ1) is 13.1. The lowest BCUT2D eigenvalue weighted by molar-refractivity contribution is 0.0736. The normalized spacial score (nSPS) is 19.4. The largest absolute Gasteiger partial charge is 0.336 e. The van der Waals surface area contributed by atoms with Crippen LogP contribution in [0.25, 0.3) is 0 Å². The van der Waals surface area contributed by atoms with Crippen LogP contribution in [0, 0.1) is 5.82 Å². The standard InChI is InChI=1S/C21H22FN3O2/c22-17-6-1-4-15(12-17)13-18-8-3-10-24(18)20(26)16-5-2-7-19(14-16)25-11-9-23-21(25)27/h1-2,4-7,12,14,18H,3,8-11,13H2,(H,23,27)/t18-/m1/s1. The number of anilines is 1. The van der Waals surface area contributed by atoms with Gasteiger partial charge in [-0.25, -0.2) is 9.18 Å². The number of nitrogens with one attached hydrogen (secondary N) is 1. The molecule has 27 heavy (non-hydrogen) atoms. The minimum Gasteiger partial charge on any atom is -0.336 e. The van der Waals surface area contributed by atoms with Crippen molar-refractivity contribution in [2.75, 3.05) is 24.5 Å². The van der Waals surface area contributed by atoms with Crippen LogP contribution in [0.4, 0.5) is 14.9 Å². The van der Waals surface area contributed by atoms with Gasteiger partial charge in [-0.2, -0.15) is 0 Å². The number of urea groups is 1. The highest BCUT2D eigenvalue weighted by Crippen LogP contribution is 2.25. The van der Waals surface area contributed by atoms with Gasteiger partial charge in [-0.3, -0.25) is 9.69 Å². The maximum Gasteiger partial charge on any atom is 0.321 e. The Morgan fingerprint density at radius 1 is 1.15 bits per heavy atom. The van der Waals surface area contributed by atoms with E-state index in [1.165, 1.54) is 12.1 Å². The quantitative estimate of drug-likeness (QED) is 0.902. The van der Waals surface area contributed by atoms with E-state index >= 15 is 0 Å². The lowest BCUT2D eigenvalue weighted by Gasteiger charge is -2.25. The maximum atomic E-state index is 13.5. The SMILES string of the molecule is O=C1NCCN1c1cccc(C(=O)N2CCC[C@@H]2Cc2cccc(F)c2)c1. The number of carbonyl (C=O) groups excluding carboxylic acids is 2. The molecule has 0 unspecified atom stereocenters. The molecule has 0 aliphatic carbocycles. The summed E-state index contributed by atoms with van der Waals surface area (Å²) in [6.07, 6.45) is 2.51. The second kappa shape index (κ2) is 7.39. The number of hydrogen-bond acceptors (Lipinski definition) is 2. The number of carbonyl (C=O) groups is 2. The van der Waals surface area contributed by atoms with E-state index in [9.17, 15) is 14.0 Å². The molecule has 5 nitrogen and oxygen atoms in total. The van der Waals surface area contributed by atoms with Gasteiger partial charge in [-0.15, -0.1) is 0 Å². The molecule has 0 radical (unpaired) electrons. The van der Waals surface area contributed by atoms with Crippen molar-refractivity contribution in [2.45, 2.75) is 25.3 Å². The minimum atomic E-state index is -0.250. The zero-order chi connectivity index (χ0) is 18.8. The minimum absolute atomic E-state index is 0.0321. The van der Waals surface area contributed by atoms with E-state index in [0.29, 0.717) is 31.6 Å². The average Bonchev–Trinajstić information content (AvgIpc) is 3.30. The molecule has 2 aromatic rings. The molecule has 2 aliphatic rings. The van der Waals surface area contributed by atoms with E-state index in [2.05, 4.69) is 5.32 Å². The number of likely N-dealkylation sites (tertiary alicyclic amines) is 1. The van der Waals surface area contributed by atoms with Gasteiger partial charge in [0.25, 0.3) is 5.91 Å². The number of amides is 3. The smallest absolute Gasteiger partial charge is 0.321 e. The third kappa shape index (κ3) is 3.65. The van der Waals surface area contributed by atoms with Crippen LogP contribution in [0.5, 0.6) is 0 Å². The van der Waals surface area contributed by atoms with Crippen molar-refractivity contribution in [3.63, 3.8) is 0 Å². The Morgan fingerprint density at radius 3 is 2.78 bits per heavy atom. The van der Waals surface area contributed by atoms with Crippen LogP contribution in [0.3, 0.4) is 0 Å². The van der Waals surface area contributed by atoms with Crippen LogP contribution < -0.4 is 10.2 Å². The maximum absolute atomic E-state index is 13.5. The topological polar surface area (TPSA) is 52.7 Å². The fourth-order valence-electron chi connectivity index (χ4n) is 3.94. The molecule has 6 heteroatoms. The second-order valence-electron chi connectivity index (χ2n) is 7.06. The third-order valence-corrected chi connectivity index (χ3v) is 5.26. The molecule has 4 rings (SSSR count). The van der Waals surface area contributed by atoms with Crippen molar-refractivity contribution in [1.82, 2.24) is 10.2 Å². The molecule has 1 N–H and O–H groups in total. The van der Waals surface area contributed by atoms with E-state index < -0.39 is 0 Å². The fraction of sp³-hybridized carbons (Fsp3) is 0.333. The van der Waals surface area contributed by atoms with E-state index in [-0.39, 0.29) is 23.8 Å². The Balaban J connectivity index is 1.52. The van der Waals surface area contributed by atoms with Crippen molar-refractivity contribution < 1.29 is 14.0 Å². The summed E-state index contributed by atoms with van der Waals surface area (Å²) in [4.78, 5) is 28.5. The lowest BCUT2D eigenvalue weighted by Crippen LogP contribution is -2.37. The number of halogens is 1. The van der Waals surface area contributed by atoms with Crippen molar-refractivity contribution >= 4 is 17.6 Å². The zero-order valence-corrected chi connectivity index (χ0v) is 15.0. The Kier molecular flexibility index (Phi) is 4.79. The molecular weight excluding hydrogens is 345 g/mol. The van der Waals surface area contributed by atoms with Gasteiger partial charge in [-0.1, -0.05) is 18.2 Å². The molecule has 0 saturated carbocycles. The van der Waals surface area contributed by atoms with E-state index in [1.54, 1.807) is 23.1 Å². The monoisotopic (exact) mass is 367 g/mol. The molecule has 2 fully saturated rings. The summed E-state index contributed by atoms with van der Waals surface area (Å²) in [5.74, 6) is -0.282. The van der Waals surface area contributed by atoms with Gasteiger partial charge in [0.05, 0.1) is 0 Å². The molecule has 140 valence electrons. The van der Waals surface area contributed by atoms with Crippen molar-refractivity contribution in [3.05, 3.63) is 65.5 Å². The first kappa shape index (κ1) is 17.5. The van der Waals surface area contributed by atoms with Gasteiger partial charge in [0.15, 0.2) is 0 Å². The first-order valence-electron chi connectivity index (χ1n) is 9.33. The predicted molar refractivity (Wildman–Crippen MR) is 101 cm³/mol. The van der Waals surface area contributed by atoms with Crippen molar-refractivity contribution in [1.29, 1.82) is 0 Å². The lowest BCUT2D eigenvalue weighted by atomic mass is 10.0. The molecule has 1 atom stereocenters. The van der Waals surface area contributed by atoms with Crippen LogP contribution in [-0.4, -0.2) is 42.5 Å². The Morgan fingerprint density at radius 2 is 2.00 bits per heavy atom. The van der Waals surface area contributed by atoms with E-state index in [1.807, 2.05) is 23.1 Å². The second-order valence-corrected chi connectivity index (χ2v) is 7.06. The van der Waals surface area contributed by atoms with Gasteiger partial charge < -0.3 is 10.2 Å². The van der Waals surface area contributed by atoms with E-state index in [4.69, 9.17) is 0 Å². The van der Waals surface area contributed by atoms with Gasteiger partial charge in [0.1, 0.15) is 5.82 Å². The van der Waals surface area contributed by atoms with Gasteiger partial charge in [-0.05, 0) is 55.2 Å². The van der Waals surface area contributed by atoms with Crippen LogP contribution in [0.1, 0.15) is 28.8 Å². The highest BCUT2D eigenvalue weighted by molar-refractivity contribution is 5.98. The van der Waals surface area contributed by atoms with Crippen LogP contribution in [-0.2, 0) is 6.42 Å². The Bertz CT molecular complexity index is 870. The molecule has 2 aliphatic heterocycles. The van der Waals surface area contributed by atoms with Gasteiger partial charge >= 0.3 is 6.03 Å². The molecule has 2 heterocycles. The summed E-state index contributed by atoms with van der Waals surface area (Å²) < 4.78 is 13.5. The number of benzene rings is 2. The van der Waals surface area contributed by atoms with Crippen LogP contribution in [0.15, 0.2) is 48.5 Å². The fourth-order valence-corrected chi connectivity index (χ4v) is 3.94. The highest BCUT2D eigenvalue weighted by atomic mass is 19.1. The number of hydrogen-bond donors (Lipinski definition) is 1. The van der Waals surface area contributed by atoms with E-state index in [0.717, 1.165) is 24.1 Å². The predicted octanol–water partition coefficient (Wildman–Crippen LogP) is 3.20. The van der Waals surface area contributed by atoms with Crippen molar-refractivity contribution in [3.8, 4) is 0 Å². The zero-order valence-electron chi connectivity index (χ0n) is 15.0. The van der Waals surface area contributed by atoms with Crippen molar-refractivity contribution in [2.24, 2.45) is 0 Å². The number of nitrogens with zero attached hydrogens (tertiary/aromatic N) is 2. The summed E-state index contributed by atoms with van der Waals surface area (Å²) in [5, 5.41) is 2.77. The molecule has 0 aromatic heterocycles. The Labute approximate surface area is 157 Å². The molecule has 2 saturated heterocycles. The third-order valence-electron chi connectivity index (χ3n) is 5.26. The molecule has 0 spiro atoms.